The van der Waals surface area contributed by atoms with E-state index in [9.17, 15) is 4.79 Å². The third-order valence-corrected chi connectivity index (χ3v) is 4.27. The Kier molecular flexibility index (Phi) is 4.39. The summed E-state index contributed by atoms with van der Waals surface area (Å²) in [5.74, 6) is 0. The van der Waals surface area contributed by atoms with Crippen molar-refractivity contribution in [2.24, 2.45) is 5.10 Å². The van der Waals surface area contributed by atoms with Crippen LogP contribution in [0.5, 0.6) is 0 Å². The summed E-state index contributed by atoms with van der Waals surface area (Å²) in [5.41, 5.74) is 2.20. The van der Waals surface area contributed by atoms with Gasteiger partial charge in [-0.1, -0.05) is 46.9 Å². The predicted molar refractivity (Wildman–Crippen MR) is 91.3 cm³/mol. The van der Waals surface area contributed by atoms with Crippen LogP contribution in [-0.2, 0) is 4.79 Å². The Bertz CT molecular complexity index is 744. The average molecular weight is 354 g/mol. The summed E-state index contributed by atoms with van der Waals surface area (Å²) < 4.78 is 0. The zero-order valence-corrected chi connectivity index (χ0v) is 13.6. The van der Waals surface area contributed by atoms with Crippen LogP contribution in [0, 0.1) is 0 Å². The minimum atomic E-state index is -0.101. The largest absolute Gasteiger partial charge is 0.296 e. The molecular formula is C16H11Cl3N2O. The highest BCUT2D eigenvalue weighted by Crippen LogP contribution is 2.39. The summed E-state index contributed by atoms with van der Waals surface area (Å²) in [6, 6.07) is 12.6. The summed E-state index contributed by atoms with van der Waals surface area (Å²) in [4.78, 5) is 11.1. The third kappa shape index (κ3) is 2.98. The molecule has 1 atom stereocenters. The molecule has 0 bridgehead atoms. The number of nitrogens with zero attached hydrogens (tertiary/aromatic N) is 2. The molecule has 3 rings (SSSR count). The number of carbonyl (C=O) groups excluding carboxylic acids is 1. The van der Waals surface area contributed by atoms with Crippen molar-refractivity contribution in [3.8, 4) is 0 Å². The molecule has 112 valence electrons. The molecule has 0 amide bonds. The number of aldehydes is 1. The second-order valence-corrected chi connectivity index (χ2v) is 6.20. The minimum absolute atomic E-state index is 0.101. The lowest BCUT2D eigenvalue weighted by molar-refractivity contribution is -0.102. The van der Waals surface area contributed by atoms with E-state index in [0.717, 1.165) is 11.8 Å². The molecule has 1 aliphatic rings. The minimum Gasteiger partial charge on any atom is -0.296 e. The number of anilines is 1. The molecular weight excluding hydrogens is 343 g/mol. The lowest BCUT2D eigenvalue weighted by Crippen LogP contribution is -2.18. The van der Waals surface area contributed by atoms with Crippen LogP contribution in [0.2, 0.25) is 15.1 Å². The van der Waals surface area contributed by atoms with Crippen LogP contribution in [0.1, 0.15) is 18.0 Å². The molecule has 22 heavy (non-hydrogen) atoms. The summed E-state index contributed by atoms with van der Waals surface area (Å²) >= 11 is 18.2. The molecule has 2 aromatic rings. The van der Waals surface area contributed by atoms with Crippen molar-refractivity contribution in [3.63, 3.8) is 0 Å². The Morgan fingerprint density at radius 1 is 1.05 bits per heavy atom. The van der Waals surface area contributed by atoms with Crippen molar-refractivity contribution >= 4 is 52.5 Å². The Labute approximate surface area is 143 Å². The zero-order chi connectivity index (χ0) is 15.7. The fourth-order valence-electron chi connectivity index (χ4n) is 2.44. The van der Waals surface area contributed by atoms with E-state index in [-0.39, 0.29) is 6.04 Å². The maximum absolute atomic E-state index is 11.1. The molecule has 0 radical (unpaired) electrons. The van der Waals surface area contributed by atoms with Crippen LogP contribution in [0.3, 0.4) is 0 Å². The number of carbonyl (C=O) groups is 1. The van der Waals surface area contributed by atoms with Crippen molar-refractivity contribution in [1.82, 2.24) is 0 Å². The van der Waals surface area contributed by atoms with Crippen LogP contribution >= 0.6 is 34.8 Å². The second-order valence-electron chi connectivity index (χ2n) is 4.92. The lowest BCUT2D eigenvalue weighted by Gasteiger charge is -2.25. The fourth-order valence-corrected chi connectivity index (χ4v) is 3.06. The maximum atomic E-state index is 11.1. The molecule has 0 aromatic heterocycles. The molecule has 0 N–H and O–H groups in total. The Hall–Kier alpha value is -1.55. The normalized spacial score (nSPS) is 17.5. The topological polar surface area (TPSA) is 32.7 Å². The van der Waals surface area contributed by atoms with E-state index < -0.39 is 0 Å². The average Bonchev–Trinajstić information content (AvgIpc) is 2.92. The summed E-state index contributed by atoms with van der Waals surface area (Å²) in [6.07, 6.45) is 1.29. The SMILES string of the molecule is O=CC1=NN(c2ccc(Cl)cc2Cl)C(c2ccc(Cl)cc2)C1. The summed E-state index contributed by atoms with van der Waals surface area (Å²) in [5, 5.41) is 7.83. The van der Waals surface area contributed by atoms with E-state index >= 15 is 0 Å². The lowest BCUT2D eigenvalue weighted by atomic mass is 10.0. The second kappa shape index (κ2) is 6.29. The number of hydrazone groups is 1. The zero-order valence-electron chi connectivity index (χ0n) is 11.3. The first-order chi connectivity index (χ1) is 10.6. The standard InChI is InChI=1S/C16H11Cl3N2O/c17-11-3-1-10(2-4-11)16-8-13(9-22)20-21(16)15-6-5-12(18)7-14(15)19/h1-7,9,16H,8H2. The van der Waals surface area contributed by atoms with Gasteiger partial charge in [-0.2, -0.15) is 5.10 Å². The molecule has 0 aliphatic carbocycles. The van der Waals surface area contributed by atoms with Crippen LogP contribution in [-0.4, -0.2) is 12.0 Å². The van der Waals surface area contributed by atoms with E-state index in [1.54, 1.807) is 23.2 Å². The van der Waals surface area contributed by atoms with Gasteiger partial charge in [0.1, 0.15) is 5.71 Å². The molecule has 2 aromatic carbocycles. The summed E-state index contributed by atoms with van der Waals surface area (Å²) in [6.45, 7) is 0. The Morgan fingerprint density at radius 3 is 2.36 bits per heavy atom. The van der Waals surface area contributed by atoms with Gasteiger partial charge in [0.15, 0.2) is 6.29 Å². The quantitative estimate of drug-likeness (QED) is 0.715. The molecule has 0 saturated carbocycles. The van der Waals surface area contributed by atoms with E-state index in [4.69, 9.17) is 34.8 Å². The highest BCUT2D eigenvalue weighted by Gasteiger charge is 2.30. The smallest absolute Gasteiger partial charge is 0.166 e. The van der Waals surface area contributed by atoms with Gasteiger partial charge in [0.25, 0.3) is 0 Å². The van der Waals surface area contributed by atoms with Crippen molar-refractivity contribution in [2.75, 3.05) is 5.01 Å². The number of halogens is 3. The third-order valence-electron chi connectivity index (χ3n) is 3.48. The van der Waals surface area contributed by atoms with Gasteiger partial charge in [0, 0.05) is 16.5 Å². The van der Waals surface area contributed by atoms with Crippen molar-refractivity contribution in [1.29, 1.82) is 0 Å². The van der Waals surface area contributed by atoms with Gasteiger partial charge >= 0.3 is 0 Å². The van der Waals surface area contributed by atoms with Gasteiger partial charge in [0.2, 0.25) is 0 Å². The first-order valence-corrected chi connectivity index (χ1v) is 7.74. The molecule has 6 heteroatoms. The van der Waals surface area contributed by atoms with Crippen molar-refractivity contribution in [3.05, 3.63) is 63.1 Å². The molecule has 0 spiro atoms. The fraction of sp³-hybridized carbons (Fsp3) is 0.125. The Morgan fingerprint density at radius 2 is 1.73 bits per heavy atom. The van der Waals surface area contributed by atoms with Gasteiger partial charge in [-0.05, 0) is 35.9 Å². The predicted octanol–water partition coefficient (Wildman–Crippen LogP) is 5.15. The number of benzene rings is 2. The maximum Gasteiger partial charge on any atom is 0.166 e. The monoisotopic (exact) mass is 352 g/mol. The first kappa shape index (κ1) is 15.3. The number of rotatable bonds is 3. The molecule has 1 aliphatic heterocycles. The molecule has 1 unspecified atom stereocenters. The highest BCUT2D eigenvalue weighted by molar-refractivity contribution is 6.36. The first-order valence-electron chi connectivity index (χ1n) is 6.61. The van der Waals surface area contributed by atoms with Crippen molar-refractivity contribution in [2.45, 2.75) is 12.5 Å². The van der Waals surface area contributed by atoms with Crippen molar-refractivity contribution < 1.29 is 4.79 Å². The van der Waals surface area contributed by atoms with Gasteiger partial charge in [-0.25, -0.2) is 0 Å². The van der Waals surface area contributed by atoms with E-state index in [1.165, 1.54) is 0 Å². The number of hydrogen-bond donors (Lipinski definition) is 0. The number of hydrogen-bond acceptors (Lipinski definition) is 3. The van der Waals surface area contributed by atoms with Crippen LogP contribution < -0.4 is 5.01 Å². The van der Waals surface area contributed by atoms with Gasteiger partial charge in [-0.15, -0.1) is 0 Å². The van der Waals surface area contributed by atoms with E-state index in [2.05, 4.69) is 5.10 Å². The molecule has 0 fully saturated rings. The van der Waals surface area contributed by atoms with Gasteiger partial charge in [0.05, 0.1) is 16.8 Å². The molecule has 0 saturated heterocycles. The molecule has 1 heterocycles. The Balaban J connectivity index is 2.02. The highest BCUT2D eigenvalue weighted by atomic mass is 35.5. The molecule has 3 nitrogen and oxygen atoms in total. The van der Waals surface area contributed by atoms with Gasteiger partial charge < -0.3 is 0 Å². The van der Waals surface area contributed by atoms with E-state index in [1.807, 2.05) is 24.3 Å². The van der Waals surface area contributed by atoms with E-state index in [0.29, 0.717) is 32.9 Å². The van der Waals surface area contributed by atoms with Crippen LogP contribution in [0.4, 0.5) is 5.69 Å². The van der Waals surface area contributed by atoms with Crippen LogP contribution in [0.15, 0.2) is 47.6 Å². The van der Waals surface area contributed by atoms with Crippen LogP contribution in [0.25, 0.3) is 0 Å². The van der Waals surface area contributed by atoms with Gasteiger partial charge in [-0.3, -0.25) is 9.80 Å². The summed E-state index contributed by atoms with van der Waals surface area (Å²) in [7, 11) is 0.